The van der Waals surface area contributed by atoms with E-state index in [1.807, 2.05) is 24.3 Å². The Labute approximate surface area is 134 Å². The molecule has 0 fully saturated rings. The minimum Gasteiger partial charge on any atom is -0.459 e. The highest BCUT2D eigenvalue weighted by Crippen LogP contribution is 2.34. The predicted molar refractivity (Wildman–Crippen MR) is 90.3 cm³/mol. The van der Waals surface area contributed by atoms with Crippen molar-refractivity contribution in [2.24, 2.45) is 0 Å². The number of nitrogens with one attached hydrogen (secondary N) is 1. The summed E-state index contributed by atoms with van der Waals surface area (Å²) < 4.78 is 5.09. The summed E-state index contributed by atoms with van der Waals surface area (Å²) in [7, 11) is 0. The van der Waals surface area contributed by atoms with E-state index in [9.17, 15) is 4.79 Å². The van der Waals surface area contributed by atoms with Crippen molar-refractivity contribution in [2.45, 2.75) is 6.42 Å². The van der Waals surface area contributed by atoms with Crippen molar-refractivity contribution in [3.8, 4) is 0 Å². The first kappa shape index (κ1) is 13.6. The Morgan fingerprint density at radius 3 is 2.61 bits per heavy atom. The Hall–Kier alpha value is -3.01. The molecule has 1 N–H and O–H groups in total. The third-order valence-corrected chi connectivity index (χ3v) is 4.07. The number of benzene rings is 2. The van der Waals surface area contributed by atoms with Gasteiger partial charge in [0.25, 0.3) is 5.91 Å². The number of hydrogen-bond donors (Lipinski definition) is 1. The quantitative estimate of drug-likeness (QED) is 0.787. The van der Waals surface area contributed by atoms with Crippen LogP contribution >= 0.6 is 0 Å². The molecule has 4 nitrogen and oxygen atoms in total. The molecule has 4 heteroatoms. The molecule has 23 heavy (non-hydrogen) atoms. The van der Waals surface area contributed by atoms with Crippen LogP contribution in [-0.2, 0) is 6.42 Å². The molecule has 0 atom stereocenters. The van der Waals surface area contributed by atoms with E-state index in [0.717, 1.165) is 24.3 Å². The molecule has 1 aliphatic heterocycles. The van der Waals surface area contributed by atoms with E-state index in [4.69, 9.17) is 4.42 Å². The summed E-state index contributed by atoms with van der Waals surface area (Å²) in [6.45, 7) is 0.984. The summed E-state index contributed by atoms with van der Waals surface area (Å²) >= 11 is 0. The van der Waals surface area contributed by atoms with Crippen molar-refractivity contribution in [1.29, 1.82) is 0 Å². The average molecular weight is 304 g/mol. The van der Waals surface area contributed by atoms with E-state index in [1.165, 1.54) is 17.5 Å². The molecule has 1 amide bonds. The fourth-order valence-electron chi connectivity index (χ4n) is 2.93. The topological polar surface area (TPSA) is 45.5 Å². The van der Waals surface area contributed by atoms with Crippen molar-refractivity contribution >= 4 is 23.0 Å². The van der Waals surface area contributed by atoms with Gasteiger partial charge >= 0.3 is 0 Å². The second-order valence-corrected chi connectivity index (χ2v) is 5.51. The Balaban J connectivity index is 1.52. The number of rotatable bonds is 3. The molecule has 2 heterocycles. The molecule has 1 aromatic heterocycles. The van der Waals surface area contributed by atoms with Gasteiger partial charge in [0.05, 0.1) is 6.26 Å². The predicted octanol–water partition coefficient (Wildman–Crippen LogP) is 4.23. The monoisotopic (exact) mass is 304 g/mol. The van der Waals surface area contributed by atoms with Crippen LogP contribution in [0, 0.1) is 0 Å². The van der Waals surface area contributed by atoms with Crippen LogP contribution in [0.3, 0.4) is 0 Å². The summed E-state index contributed by atoms with van der Waals surface area (Å²) in [5.41, 5.74) is 4.52. The third-order valence-electron chi connectivity index (χ3n) is 4.07. The molecule has 0 radical (unpaired) electrons. The number of nitrogens with zero attached hydrogens (tertiary/aromatic N) is 1. The summed E-state index contributed by atoms with van der Waals surface area (Å²) in [4.78, 5) is 14.3. The normalized spacial score (nSPS) is 13.0. The highest BCUT2D eigenvalue weighted by Gasteiger charge is 2.19. The third kappa shape index (κ3) is 2.59. The van der Waals surface area contributed by atoms with E-state index in [2.05, 4.69) is 34.5 Å². The number of para-hydroxylation sites is 1. The van der Waals surface area contributed by atoms with E-state index < -0.39 is 0 Å². The molecule has 0 aliphatic carbocycles. The standard InChI is InChI=1S/C19H16N2O2/c22-19(18-6-3-13-23-18)20-15-7-9-16(10-8-15)21-12-11-14-4-1-2-5-17(14)21/h1-10,13H,11-12H2,(H,20,22). The SMILES string of the molecule is O=C(Nc1ccc(N2CCc3ccccc32)cc1)c1ccco1. The number of carbonyl (C=O) groups excluding carboxylic acids is 1. The molecule has 0 saturated carbocycles. The van der Waals surface area contributed by atoms with Crippen LogP contribution in [-0.4, -0.2) is 12.5 Å². The molecule has 2 aromatic carbocycles. The molecule has 114 valence electrons. The zero-order chi connectivity index (χ0) is 15.6. The Morgan fingerprint density at radius 1 is 1.00 bits per heavy atom. The van der Waals surface area contributed by atoms with Gasteiger partial charge in [0.15, 0.2) is 5.76 Å². The molecule has 0 unspecified atom stereocenters. The first-order valence-electron chi connectivity index (χ1n) is 7.62. The minimum absolute atomic E-state index is 0.241. The fraction of sp³-hybridized carbons (Fsp3) is 0.105. The number of furan rings is 1. The van der Waals surface area contributed by atoms with Gasteiger partial charge in [-0.2, -0.15) is 0 Å². The maximum Gasteiger partial charge on any atom is 0.291 e. The van der Waals surface area contributed by atoms with E-state index in [-0.39, 0.29) is 5.91 Å². The van der Waals surface area contributed by atoms with E-state index in [1.54, 1.807) is 12.1 Å². The van der Waals surface area contributed by atoms with Crippen LogP contribution in [0.5, 0.6) is 0 Å². The molecule has 3 aromatic rings. The van der Waals surface area contributed by atoms with Gasteiger partial charge in [-0.3, -0.25) is 4.79 Å². The number of hydrogen-bond acceptors (Lipinski definition) is 3. The number of carbonyl (C=O) groups is 1. The largest absolute Gasteiger partial charge is 0.459 e. The zero-order valence-electron chi connectivity index (χ0n) is 12.5. The second-order valence-electron chi connectivity index (χ2n) is 5.51. The lowest BCUT2D eigenvalue weighted by atomic mass is 10.2. The minimum atomic E-state index is -0.241. The fourth-order valence-corrected chi connectivity index (χ4v) is 2.93. The number of amides is 1. The van der Waals surface area contributed by atoms with E-state index in [0.29, 0.717) is 5.76 Å². The van der Waals surface area contributed by atoms with Gasteiger partial charge in [-0.05, 0) is 54.4 Å². The van der Waals surface area contributed by atoms with Crippen LogP contribution in [0.4, 0.5) is 17.1 Å². The summed E-state index contributed by atoms with van der Waals surface area (Å²) in [6.07, 6.45) is 2.55. The smallest absolute Gasteiger partial charge is 0.291 e. The first-order valence-corrected chi connectivity index (χ1v) is 7.62. The number of anilines is 3. The molecule has 4 rings (SSSR count). The Bertz CT molecular complexity index is 823. The Kier molecular flexibility index (Phi) is 3.35. The van der Waals surface area contributed by atoms with Gasteiger partial charge in [-0.25, -0.2) is 0 Å². The van der Waals surface area contributed by atoms with Gasteiger partial charge in [0.2, 0.25) is 0 Å². The summed E-state index contributed by atoms with van der Waals surface area (Å²) in [5, 5.41) is 2.83. The van der Waals surface area contributed by atoms with Crippen molar-refractivity contribution in [1.82, 2.24) is 0 Å². The second kappa shape index (κ2) is 5.65. The maximum atomic E-state index is 12.0. The lowest BCUT2D eigenvalue weighted by molar-refractivity contribution is 0.0996. The molecule has 1 aliphatic rings. The van der Waals surface area contributed by atoms with Crippen molar-refractivity contribution in [3.05, 3.63) is 78.3 Å². The van der Waals surface area contributed by atoms with Crippen molar-refractivity contribution < 1.29 is 9.21 Å². The van der Waals surface area contributed by atoms with Crippen molar-refractivity contribution in [2.75, 3.05) is 16.8 Å². The lowest BCUT2D eigenvalue weighted by Gasteiger charge is -2.19. The molecular formula is C19H16N2O2. The van der Waals surface area contributed by atoms with Crippen LogP contribution in [0.2, 0.25) is 0 Å². The summed E-state index contributed by atoms with van der Waals surface area (Å²) in [5.74, 6) is 0.0665. The lowest BCUT2D eigenvalue weighted by Crippen LogP contribution is -2.14. The van der Waals surface area contributed by atoms with Gasteiger partial charge < -0.3 is 14.6 Å². The average Bonchev–Trinajstić information content (AvgIpc) is 3.25. The van der Waals surface area contributed by atoms with Gasteiger partial charge in [0, 0.05) is 23.6 Å². The van der Waals surface area contributed by atoms with E-state index >= 15 is 0 Å². The van der Waals surface area contributed by atoms with Crippen LogP contribution in [0.1, 0.15) is 16.1 Å². The maximum absolute atomic E-state index is 12.0. The van der Waals surface area contributed by atoms with Crippen LogP contribution in [0.25, 0.3) is 0 Å². The molecular weight excluding hydrogens is 288 g/mol. The highest BCUT2D eigenvalue weighted by molar-refractivity contribution is 6.02. The van der Waals surface area contributed by atoms with Gasteiger partial charge in [0.1, 0.15) is 0 Å². The number of fused-ring (bicyclic) bond motifs is 1. The first-order chi connectivity index (χ1) is 11.3. The van der Waals surface area contributed by atoms with Crippen LogP contribution < -0.4 is 10.2 Å². The Morgan fingerprint density at radius 2 is 1.83 bits per heavy atom. The zero-order valence-corrected chi connectivity index (χ0v) is 12.5. The highest BCUT2D eigenvalue weighted by atomic mass is 16.3. The van der Waals surface area contributed by atoms with Gasteiger partial charge in [-0.15, -0.1) is 0 Å². The molecule has 0 spiro atoms. The van der Waals surface area contributed by atoms with Crippen molar-refractivity contribution in [3.63, 3.8) is 0 Å². The van der Waals surface area contributed by atoms with Crippen LogP contribution in [0.15, 0.2) is 71.3 Å². The molecule has 0 bridgehead atoms. The summed E-state index contributed by atoms with van der Waals surface area (Å²) in [6, 6.07) is 19.7. The molecule has 0 saturated heterocycles. The van der Waals surface area contributed by atoms with Gasteiger partial charge in [-0.1, -0.05) is 18.2 Å².